The third-order valence-electron chi connectivity index (χ3n) is 3.18. The summed E-state index contributed by atoms with van der Waals surface area (Å²) in [5.41, 5.74) is -0.439. The molecule has 74 valence electrons. The average Bonchev–Trinajstić information content (AvgIpc) is 2.48. The molecule has 1 aliphatic heterocycles. The van der Waals surface area contributed by atoms with Crippen LogP contribution in [0.4, 0.5) is 0 Å². The zero-order chi connectivity index (χ0) is 9.31. The number of hydrogen-bond donors (Lipinski definition) is 1. The van der Waals surface area contributed by atoms with E-state index in [4.69, 9.17) is 0 Å². The third-order valence-corrected chi connectivity index (χ3v) is 3.18. The van der Waals surface area contributed by atoms with Crippen molar-refractivity contribution in [2.75, 3.05) is 13.1 Å². The smallest absolute Gasteiger partial charge is 0.0758 e. The summed E-state index contributed by atoms with van der Waals surface area (Å²) in [6, 6.07) is 0.600. The molecule has 1 heterocycles. The van der Waals surface area contributed by atoms with Gasteiger partial charge in [-0.25, -0.2) is 0 Å². The van der Waals surface area contributed by atoms with Crippen molar-refractivity contribution in [2.24, 2.45) is 0 Å². The highest BCUT2D eigenvalue weighted by atomic mass is 16.3. The number of hydrogen-bond acceptors (Lipinski definition) is 2. The van der Waals surface area contributed by atoms with Gasteiger partial charge in [0.2, 0.25) is 0 Å². The third kappa shape index (κ3) is 2.12. The predicted octanol–water partition coefficient (Wildman–Crippen LogP) is 1.55. The molecule has 0 bridgehead atoms. The summed E-state index contributed by atoms with van der Waals surface area (Å²) < 4.78 is 0. The molecule has 2 rings (SSSR count). The molecule has 0 amide bonds. The summed E-state index contributed by atoms with van der Waals surface area (Å²) in [6.45, 7) is 3.85. The van der Waals surface area contributed by atoms with E-state index in [2.05, 4.69) is 17.1 Å². The Bertz CT molecular complexity index is 210. The highest BCUT2D eigenvalue weighted by Crippen LogP contribution is 2.26. The van der Waals surface area contributed by atoms with Crippen LogP contribution in [-0.2, 0) is 0 Å². The minimum Gasteiger partial charge on any atom is -0.389 e. The van der Waals surface area contributed by atoms with Gasteiger partial charge >= 0.3 is 0 Å². The van der Waals surface area contributed by atoms with Gasteiger partial charge in [0.25, 0.3) is 0 Å². The van der Waals surface area contributed by atoms with Crippen LogP contribution in [0.3, 0.4) is 0 Å². The van der Waals surface area contributed by atoms with Crippen LogP contribution in [0.15, 0.2) is 12.2 Å². The standard InChI is InChI=1S/C11H19NO/c1-11(13)7-8-12(9-11)10-5-3-2-4-6-10/h3,5,10,13H,2,4,6-9H2,1H3. The zero-order valence-corrected chi connectivity index (χ0v) is 8.37. The van der Waals surface area contributed by atoms with Crippen LogP contribution in [-0.4, -0.2) is 34.7 Å². The van der Waals surface area contributed by atoms with Crippen molar-refractivity contribution >= 4 is 0 Å². The number of allylic oxidation sites excluding steroid dienone is 1. The van der Waals surface area contributed by atoms with Crippen molar-refractivity contribution in [2.45, 2.75) is 44.2 Å². The van der Waals surface area contributed by atoms with Gasteiger partial charge in [0, 0.05) is 19.1 Å². The number of β-amino-alcohol motifs (C(OH)–C–C–N with tert-alkyl or cyclic N) is 1. The highest BCUT2D eigenvalue weighted by Gasteiger charge is 2.34. The average molecular weight is 181 g/mol. The molecule has 0 aromatic rings. The largest absolute Gasteiger partial charge is 0.389 e. The van der Waals surface area contributed by atoms with Gasteiger partial charge in [-0.05, 0) is 32.6 Å². The van der Waals surface area contributed by atoms with Gasteiger partial charge in [-0.1, -0.05) is 12.2 Å². The van der Waals surface area contributed by atoms with Gasteiger partial charge < -0.3 is 5.11 Å². The molecule has 0 spiro atoms. The summed E-state index contributed by atoms with van der Waals surface area (Å²) in [5, 5.41) is 9.83. The molecular weight excluding hydrogens is 162 g/mol. The molecule has 2 nitrogen and oxygen atoms in total. The van der Waals surface area contributed by atoms with E-state index in [0.29, 0.717) is 6.04 Å². The van der Waals surface area contributed by atoms with Gasteiger partial charge in [0.05, 0.1) is 5.60 Å². The van der Waals surface area contributed by atoms with E-state index >= 15 is 0 Å². The maximum atomic E-state index is 9.83. The Morgan fingerprint density at radius 1 is 1.54 bits per heavy atom. The SMILES string of the molecule is CC1(O)CCN(C2C=CCCC2)C1. The van der Waals surface area contributed by atoms with Crippen molar-refractivity contribution in [3.05, 3.63) is 12.2 Å². The number of likely N-dealkylation sites (tertiary alicyclic amines) is 1. The van der Waals surface area contributed by atoms with Crippen LogP contribution in [0, 0.1) is 0 Å². The summed E-state index contributed by atoms with van der Waals surface area (Å²) in [4.78, 5) is 2.41. The Morgan fingerprint density at radius 2 is 2.38 bits per heavy atom. The first kappa shape index (κ1) is 9.22. The molecule has 2 aliphatic rings. The number of aliphatic hydroxyl groups is 1. The first-order valence-electron chi connectivity index (χ1n) is 5.30. The lowest BCUT2D eigenvalue weighted by Crippen LogP contribution is -2.36. The van der Waals surface area contributed by atoms with E-state index in [1.807, 2.05) is 6.92 Å². The molecule has 1 saturated heterocycles. The van der Waals surface area contributed by atoms with E-state index in [0.717, 1.165) is 19.5 Å². The summed E-state index contributed by atoms with van der Waals surface area (Å²) in [7, 11) is 0. The summed E-state index contributed by atoms with van der Waals surface area (Å²) in [5.74, 6) is 0. The second kappa shape index (κ2) is 3.43. The van der Waals surface area contributed by atoms with E-state index in [9.17, 15) is 5.11 Å². The molecule has 0 saturated carbocycles. The molecule has 0 aromatic heterocycles. The van der Waals surface area contributed by atoms with E-state index in [1.54, 1.807) is 0 Å². The monoisotopic (exact) mass is 181 g/mol. The first-order chi connectivity index (χ1) is 6.17. The quantitative estimate of drug-likeness (QED) is 0.620. The number of rotatable bonds is 1. The second-order valence-corrected chi connectivity index (χ2v) is 4.64. The van der Waals surface area contributed by atoms with Gasteiger partial charge in [-0.15, -0.1) is 0 Å². The van der Waals surface area contributed by atoms with E-state index in [1.165, 1.54) is 19.3 Å². The molecule has 1 N–H and O–H groups in total. The fourth-order valence-electron chi connectivity index (χ4n) is 2.36. The van der Waals surface area contributed by atoms with Crippen LogP contribution in [0.2, 0.25) is 0 Å². The molecule has 13 heavy (non-hydrogen) atoms. The molecule has 2 unspecified atom stereocenters. The van der Waals surface area contributed by atoms with Crippen LogP contribution in [0.1, 0.15) is 32.6 Å². The van der Waals surface area contributed by atoms with E-state index in [-0.39, 0.29) is 0 Å². The molecular formula is C11H19NO. The fraction of sp³-hybridized carbons (Fsp3) is 0.818. The molecule has 0 radical (unpaired) electrons. The van der Waals surface area contributed by atoms with Gasteiger partial charge in [-0.3, -0.25) is 4.90 Å². The molecule has 2 atom stereocenters. The highest BCUT2D eigenvalue weighted by molar-refractivity contribution is 5.02. The number of nitrogens with zero attached hydrogens (tertiary/aromatic N) is 1. The van der Waals surface area contributed by atoms with Crippen molar-refractivity contribution < 1.29 is 5.11 Å². The molecule has 2 heteroatoms. The van der Waals surface area contributed by atoms with Gasteiger partial charge in [0.15, 0.2) is 0 Å². The Labute approximate surface area is 80.2 Å². The van der Waals surface area contributed by atoms with E-state index < -0.39 is 5.60 Å². The Kier molecular flexibility index (Phi) is 2.43. The minimum absolute atomic E-state index is 0.439. The topological polar surface area (TPSA) is 23.5 Å². The summed E-state index contributed by atoms with van der Waals surface area (Å²) >= 11 is 0. The maximum Gasteiger partial charge on any atom is 0.0758 e. The lowest BCUT2D eigenvalue weighted by atomic mass is 10.0. The summed E-state index contributed by atoms with van der Waals surface area (Å²) in [6.07, 6.45) is 9.33. The van der Waals surface area contributed by atoms with Gasteiger partial charge in [0.1, 0.15) is 0 Å². The maximum absolute atomic E-state index is 9.83. The lowest BCUT2D eigenvalue weighted by molar-refractivity contribution is 0.0643. The van der Waals surface area contributed by atoms with Crippen molar-refractivity contribution in [3.8, 4) is 0 Å². The zero-order valence-electron chi connectivity index (χ0n) is 8.37. The fourth-order valence-corrected chi connectivity index (χ4v) is 2.36. The first-order valence-corrected chi connectivity index (χ1v) is 5.30. The Balaban J connectivity index is 1.95. The van der Waals surface area contributed by atoms with Crippen LogP contribution in [0.5, 0.6) is 0 Å². The predicted molar refractivity (Wildman–Crippen MR) is 53.6 cm³/mol. The van der Waals surface area contributed by atoms with Crippen molar-refractivity contribution in [1.29, 1.82) is 0 Å². The lowest BCUT2D eigenvalue weighted by Gasteiger charge is -2.28. The molecule has 0 aromatic carbocycles. The second-order valence-electron chi connectivity index (χ2n) is 4.64. The van der Waals surface area contributed by atoms with Crippen molar-refractivity contribution in [1.82, 2.24) is 4.90 Å². The van der Waals surface area contributed by atoms with Crippen molar-refractivity contribution in [3.63, 3.8) is 0 Å². The normalized spacial score (nSPS) is 41.2. The Hall–Kier alpha value is -0.340. The minimum atomic E-state index is -0.439. The van der Waals surface area contributed by atoms with Gasteiger partial charge in [-0.2, -0.15) is 0 Å². The van der Waals surface area contributed by atoms with Crippen LogP contribution >= 0.6 is 0 Å². The molecule has 1 fully saturated rings. The Morgan fingerprint density at radius 3 is 2.92 bits per heavy atom. The van der Waals surface area contributed by atoms with Crippen LogP contribution in [0.25, 0.3) is 0 Å². The van der Waals surface area contributed by atoms with Crippen LogP contribution < -0.4 is 0 Å². The molecule has 1 aliphatic carbocycles.